The Labute approximate surface area is 162 Å². The van der Waals surface area contributed by atoms with E-state index in [1.807, 2.05) is 12.1 Å². The summed E-state index contributed by atoms with van der Waals surface area (Å²) in [5.74, 6) is 0. The minimum absolute atomic E-state index is 0.0909. The Morgan fingerprint density at radius 2 is 1.57 bits per heavy atom. The first-order valence-corrected chi connectivity index (χ1v) is 10.3. The van der Waals surface area contributed by atoms with Crippen molar-refractivity contribution < 1.29 is 26.3 Å². The number of morpholine rings is 1. The number of benzene rings is 2. The van der Waals surface area contributed by atoms with Crippen LogP contribution in [0.5, 0.6) is 0 Å². The maximum atomic E-state index is 13.1. The Bertz CT molecular complexity index is 893. The molecule has 0 radical (unpaired) electrons. The van der Waals surface area contributed by atoms with Crippen LogP contribution in [0.3, 0.4) is 0 Å². The van der Waals surface area contributed by atoms with Gasteiger partial charge in [-0.3, -0.25) is 4.90 Å². The van der Waals surface area contributed by atoms with E-state index in [4.69, 9.17) is 4.74 Å². The number of alkyl halides is 3. The highest BCUT2D eigenvalue weighted by Gasteiger charge is 2.36. The molecule has 1 N–H and O–H groups in total. The van der Waals surface area contributed by atoms with Crippen molar-refractivity contribution in [3.8, 4) is 0 Å². The quantitative estimate of drug-likeness (QED) is 0.790. The summed E-state index contributed by atoms with van der Waals surface area (Å²) in [6, 6.07) is 11.5. The molecule has 9 heteroatoms. The molecule has 1 aliphatic rings. The monoisotopic (exact) mass is 414 g/mol. The van der Waals surface area contributed by atoms with Gasteiger partial charge in [-0.2, -0.15) is 13.2 Å². The third kappa shape index (κ3) is 5.32. The van der Waals surface area contributed by atoms with E-state index in [9.17, 15) is 21.6 Å². The Morgan fingerprint density at radius 3 is 2.21 bits per heavy atom. The van der Waals surface area contributed by atoms with Gasteiger partial charge in [-0.25, -0.2) is 13.1 Å². The molecule has 0 spiro atoms. The standard InChI is InChI=1S/C19H21F3N2O3S/c20-19(21,22)17-3-1-2-4-18(17)28(25,26)23-13-15-5-7-16(8-6-15)14-24-9-11-27-12-10-24/h1-8,23H,9-14H2. The van der Waals surface area contributed by atoms with E-state index in [1.54, 1.807) is 12.1 Å². The molecule has 1 heterocycles. The summed E-state index contributed by atoms with van der Waals surface area (Å²) in [7, 11) is -4.30. The molecule has 1 aliphatic heterocycles. The van der Waals surface area contributed by atoms with Crippen molar-refractivity contribution in [2.75, 3.05) is 26.3 Å². The van der Waals surface area contributed by atoms with E-state index in [-0.39, 0.29) is 6.54 Å². The van der Waals surface area contributed by atoms with Gasteiger partial charge in [0.25, 0.3) is 0 Å². The number of halogens is 3. The molecule has 5 nitrogen and oxygen atoms in total. The third-order valence-electron chi connectivity index (χ3n) is 4.48. The van der Waals surface area contributed by atoms with Crippen molar-refractivity contribution >= 4 is 10.0 Å². The van der Waals surface area contributed by atoms with E-state index < -0.39 is 26.7 Å². The van der Waals surface area contributed by atoms with Crippen LogP contribution in [0, 0.1) is 0 Å². The lowest BCUT2D eigenvalue weighted by Crippen LogP contribution is -2.35. The Balaban J connectivity index is 1.65. The molecule has 0 atom stereocenters. The average molecular weight is 414 g/mol. The van der Waals surface area contributed by atoms with Crippen LogP contribution < -0.4 is 4.72 Å². The van der Waals surface area contributed by atoms with Gasteiger partial charge in [0.15, 0.2) is 0 Å². The van der Waals surface area contributed by atoms with Crippen LogP contribution >= 0.6 is 0 Å². The first-order chi connectivity index (χ1) is 13.3. The van der Waals surface area contributed by atoms with Crippen molar-refractivity contribution in [1.29, 1.82) is 0 Å². The van der Waals surface area contributed by atoms with E-state index in [0.717, 1.165) is 43.4 Å². The zero-order chi connectivity index (χ0) is 20.2. The number of ether oxygens (including phenoxy) is 1. The molecule has 0 saturated carbocycles. The van der Waals surface area contributed by atoms with Crippen LogP contribution in [0.15, 0.2) is 53.4 Å². The van der Waals surface area contributed by atoms with Crippen molar-refractivity contribution in [2.24, 2.45) is 0 Å². The van der Waals surface area contributed by atoms with Crippen molar-refractivity contribution in [3.63, 3.8) is 0 Å². The number of sulfonamides is 1. The van der Waals surface area contributed by atoms with Crippen molar-refractivity contribution in [3.05, 3.63) is 65.2 Å². The van der Waals surface area contributed by atoms with Crippen LogP contribution in [0.1, 0.15) is 16.7 Å². The van der Waals surface area contributed by atoms with Crippen molar-refractivity contribution in [2.45, 2.75) is 24.2 Å². The summed E-state index contributed by atoms with van der Waals surface area (Å²) in [6.07, 6.45) is -4.74. The van der Waals surface area contributed by atoms with Gasteiger partial charge in [0.2, 0.25) is 10.0 Å². The smallest absolute Gasteiger partial charge is 0.379 e. The molecule has 0 aromatic heterocycles. The molecule has 0 amide bonds. The Kier molecular flexibility index (Phi) is 6.39. The first kappa shape index (κ1) is 20.8. The van der Waals surface area contributed by atoms with Crippen LogP contribution in [-0.4, -0.2) is 39.6 Å². The topological polar surface area (TPSA) is 58.6 Å². The molecule has 0 unspecified atom stereocenters. The number of hydrogen-bond acceptors (Lipinski definition) is 4. The molecular formula is C19H21F3N2O3S. The fourth-order valence-electron chi connectivity index (χ4n) is 2.97. The Morgan fingerprint density at radius 1 is 0.964 bits per heavy atom. The zero-order valence-corrected chi connectivity index (χ0v) is 15.9. The van der Waals surface area contributed by atoms with Gasteiger partial charge in [-0.15, -0.1) is 0 Å². The number of hydrogen-bond donors (Lipinski definition) is 1. The number of nitrogens with zero attached hydrogens (tertiary/aromatic N) is 1. The third-order valence-corrected chi connectivity index (χ3v) is 5.94. The Hall–Kier alpha value is -1.94. The summed E-state index contributed by atoms with van der Waals surface area (Å²) in [5.41, 5.74) is 0.568. The average Bonchev–Trinajstić information content (AvgIpc) is 2.68. The fourth-order valence-corrected chi connectivity index (χ4v) is 4.21. The molecular weight excluding hydrogens is 393 g/mol. The summed E-state index contributed by atoms with van der Waals surface area (Å²) in [6.45, 7) is 3.82. The lowest BCUT2D eigenvalue weighted by atomic mass is 10.1. The van der Waals surface area contributed by atoms with E-state index in [1.165, 1.54) is 6.07 Å². The molecule has 0 aliphatic carbocycles. The highest BCUT2D eigenvalue weighted by molar-refractivity contribution is 7.89. The predicted molar refractivity (Wildman–Crippen MR) is 98.0 cm³/mol. The highest BCUT2D eigenvalue weighted by Crippen LogP contribution is 2.33. The SMILES string of the molecule is O=S(=O)(NCc1ccc(CN2CCOCC2)cc1)c1ccccc1C(F)(F)F. The second kappa shape index (κ2) is 8.60. The maximum absolute atomic E-state index is 13.1. The second-order valence-electron chi connectivity index (χ2n) is 6.52. The van der Waals surface area contributed by atoms with E-state index >= 15 is 0 Å². The molecule has 1 fully saturated rings. The van der Waals surface area contributed by atoms with Crippen LogP contribution in [0.4, 0.5) is 13.2 Å². The molecule has 0 bridgehead atoms. The first-order valence-electron chi connectivity index (χ1n) is 8.79. The van der Waals surface area contributed by atoms with Gasteiger partial charge < -0.3 is 4.74 Å². The minimum atomic E-state index is -4.74. The van der Waals surface area contributed by atoms with Gasteiger partial charge in [0.1, 0.15) is 0 Å². The lowest BCUT2D eigenvalue weighted by Gasteiger charge is -2.26. The van der Waals surface area contributed by atoms with Crippen molar-refractivity contribution in [1.82, 2.24) is 9.62 Å². The van der Waals surface area contributed by atoms with E-state index in [0.29, 0.717) is 18.8 Å². The summed E-state index contributed by atoms with van der Waals surface area (Å²) >= 11 is 0. The fraction of sp³-hybridized carbons (Fsp3) is 0.368. The largest absolute Gasteiger partial charge is 0.417 e. The van der Waals surface area contributed by atoms with E-state index in [2.05, 4.69) is 9.62 Å². The van der Waals surface area contributed by atoms with Gasteiger partial charge in [0.05, 0.1) is 23.7 Å². The normalized spacial score (nSPS) is 16.2. The van der Waals surface area contributed by atoms with Crippen LogP contribution in [-0.2, 0) is 34.0 Å². The minimum Gasteiger partial charge on any atom is -0.379 e. The van der Waals surface area contributed by atoms with Crippen LogP contribution in [0.25, 0.3) is 0 Å². The predicted octanol–water partition coefficient (Wildman–Crippen LogP) is 3.02. The maximum Gasteiger partial charge on any atom is 0.417 e. The van der Waals surface area contributed by atoms with Gasteiger partial charge in [-0.1, -0.05) is 36.4 Å². The molecule has 2 aromatic carbocycles. The molecule has 1 saturated heterocycles. The molecule has 152 valence electrons. The lowest BCUT2D eigenvalue weighted by molar-refractivity contribution is -0.139. The molecule has 28 heavy (non-hydrogen) atoms. The number of nitrogens with one attached hydrogen (secondary N) is 1. The summed E-state index contributed by atoms with van der Waals surface area (Å²) in [4.78, 5) is 1.49. The summed E-state index contributed by atoms with van der Waals surface area (Å²) in [5, 5.41) is 0. The zero-order valence-electron chi connectivity index (χ0n) is 15.1. The second-order valence-corrected chi connectivity index (χ2v) is 8.26. The highest BCUT2D eigenvalue weighted by atomic mass is 32.2. The molecule has 3 rings (SSSR count). The van der Waals surface area contributed by atoms with Crippen LogP contribution in [0.2, 0.25) is 0 Å². The molecule has 2 aromatic rings. The van der Waals surface area contributed by atoms with Gasteiger partial charge >= 0.3 is 6.18 Å². The van der Waals surface area contributed by atoms with Gasteiger partial charge in [-0.05, 0) is 23.3 Å². The van der Waals surface area contributed by atoms with Gasteiger partial charge in [0, 0.05) is 26.2 Å². The summed E-state index contributed by atoms with van der Waals surface area (Å²) < 4.78 is 71.5. The number of rotatable bonds is 6.